The van der Waals surface area contributed by atoms with Crippen LogP contribution in [0.1, 0.15) is 144 Å². The molecular weight excluding hydrogens is 554 g/mol. The molecule has 0 aromatic heterocycles. The Balaban J connectivity index is 1.24. The maximum absolute atomic E-state index is 13.0. The Bertz CT molecular complexity index is 1330. The summed E-state index contributed by atoms with van der Waals surface area (Å²) in [6.45, 7) is 5.23. The van der Waals surface area contributed by atoms with Gasteiger partial charge in [-0.05, 0) is 97.0 Å². The lowest BCUT2D eigenvalue weighted by Gasteiger charge is -2.29. The Morgan fingerprint density at radius 3 is 1.91 bits per heavy atom. The quantitative estimate of drug-likeness (QED) is 0.0820. The van der Waals surface area contributed by atoms with Crippen LogP contribution >= 0.6 is 0 Å². The van der Waals surface area contributed by atoms with Crippen molar-refractivity contribution >= 4 is 5.97 Å². The first-order valence-corrected chi connectivity index (χ1v) is 17.7. The van der Waals surface area contributed by atoms with Crippen molar-refractivity contribution in [2.45, 2.75) is 122 Å². The summed E-state index contributed by atoms with van der Waals surface area (Å²) in [5.41, 5.74) is 4.21. The number of ether oxygens (including phenoxy) is 2. The van der Waals surface area contributed by atoms with E-state index < -0.39 is 5.97 Å². The molecule has 0 radical (unpaired) electrons. The smallest absolute Gasteiger partial charge is 0.343 e. The van der Waals surface area contributed by atoms with Gasteiger partial charge in [0.2, 0.25) is 0 Å². The molecule has 0 N–H and O–H groups in total. The van der Waals surface area contributed by atoms with Crippen LogP contribution in [0.15, 0.2) is 66.7 Å². The van der Waals surface area contributed by atoms with Crippen LogP contribution in [0.4, 0.5) is 0 Å². The van der Waals surface area contributed by atoms with E-state index in [0.29, 0.717) is 22.8 Å². The Labute approximate surface area is 272 Å². The van der Waals surface area contributed by atoms with Gasteiger partial charge in [0.15, 0.2) is 0 Å². The number of benzene rings is 3. The van der Waals surface area contributed by atoms with Crippen LogP contribution in [0.25, 0.3) is 11.1 Å². The molecule has 0 atom stereocenters. The standard InChI is InChI=1S/C41H53NO3/c1-3-5-7-9-10-11-12-14-32-15-17-35(18-16-32)40-28-23-36(30-37(40)31-42)41(43)45-39-26-21-34(22-27-39)33-19-24-38(25-20-33)44-29-13-8-6-4-2/h19-28,30,32,35H,3-18,29H2,1-2H3. The first-order chi connectivity index (χ1) is 22.1. The van der Waals surface area contributed by atoms with Gasteiger partial charge in [0.1, 0.15) is 11.5 Å². The second kappa shape index (κ2) is 19.1. The van der Waals surface area contributed by atoms with Gasteiger partial charge in [-0.3, -0.25) is 0 Å². The van der Waals surface area contributed by atoms with E-state index in [1.165, 1.54) is 83.5 Å². The van der Waals surface area contributed by atoms with Crippen molar-refractivity contribution in [1.29, 1.82) is 5.26 Å². The van der Waals surface area contributed by atoms with Gasteiger partial charge in [-0.15, -0.1) is 0 Å². The van der Waals surface area contributed by atoms with Crippen molar-refractivity contribution in [1.82, 2.24) is 0 Å². The number of nitriles is 1. The first kappa shape index (κ1) is 34.3. The second-order valence-electron chi connectivity index (χ2n) is 12.9. The highest BCUT2D eigenvalue weighted by molar-refractivity contribution is 5.91. The number of hydrogen-bond donors (Lipinski definition) is 0. The molecule has 0 amide bonds. The zero-order chi connectivity index (χ0) is 31.7. The molecular formula is C41H53NO3. The lowest BCUT2D eigenvalue weighted by atomic mass is 9.76. The van der Waals surface area contributed by atoms with Crippen molar-refractivity contribution in [3.63, 3.8) is 0 Å². The summed E-state index contributed by atoms with van der Waals surface area (Å²) in [6, 6.07) is 23.5. The Kier molecular flexibility index (Phi) is 14.5. The van der Waals surface area contributed by atoms with Crippen molar-refractivity contribution in [3.05, 3.63) is 83.4 Å². The highest BCUT2D eigenvalue weighted by Crippen LogP contribution is 2.39. The third-order valence-electron chi connectivity index (χ3n) is 9.43. The Hall–Kier alpha value is -3.58. The molecule has 0 bridgehead atoms. The number of rotatable bonds is 18. The molecule has 4 heteroatoms. The normalized spacial score (nSPS) is 16.2. The molecule has 240 valence electrons. The van der Waals surface area contributed by atoms with E-state index in [9.17, 15) is 10.1 Å². The van der Waals surface area contributed by atoms with Crippen LogP contribution in [-0.4, -0.2) is 12.6 Å². The van der Waals surface area contributed by atoms with E-state index in [0.717, 1.165) is 54.2 Å². The number of unbranched alkanes of at least 4 members (excludes halogenated alkanes) is 9. The van der Waals surface area contributed by atoms with Gasteiger partial charge in [-0.2, -0.15) is 5.26 Å². The molecule has 3 aromatic rings. The molecule has 3 aromatic carbocycles. The summed E-state index contributed by atoms with van der Waals surface area (Å²) in [7, 11) is 0. The predicted molar refractivity (Wildman–Crippen MR) is 185 cm³/mol. The van der Waals surface area contributed by atoms with Crippen molar-refractivity contribution in [2.24, 2.45) is 5.92 Å². The molecule has 45 heavy (non-hydrogen) atoms. The molecule has 4 rings (SSSR count). The van der Waals surface area contributed by atoms with Crippen LogP contribution in [0.5, 0.6) is 11.5 Å². The van der Waals surface area contributed by atoms with Gasteiger partial charge < -0.3 is 9.47 Å². The van der Waals surface area contributed by atoms with Gasteiger partial charge in [0.25, 0.3) is 0 Å². The highest BCUT2D eigenvalue weighted by Gasteiger charge is 2.25. The number of carbonyl (C=O) groups excluding carboxylic acids is 1. The third kappa shape index (κ3) is 11.1. The highest BCUT2D eigenvalue weighted by atomic mass is 16.5. The summed E-state index contributed by atoms with van der Waals surface area (Å²) < 4.78 is 11.5. The van der Waals surface area contributed by atoms with Crippen LogP contribution in [-0.2, 0) is 0 Å². The summed E-state index contributed by atoms with van der Waals surface area (Å²) in [4.78, 5) is 13.0. The minimum Gasteiger partial charge on any atom is -0.494 e. The lowest BCUT2D eigenvalue weighted by Crippen LogP contribution is -2.15. The SMILES string of the molecule is CCCCCCCCCC1CCC(c2ccc(C(=O)Oc3ccc(-c4ccc(OCCCCCC)cc4)cc3)cc2C#N)CC1. The maximum atomic E-state index is 13.0. The van der Waals surface area contributed by atoms with E-state index in [1.54, 1.807) is 6.07 Å². The topological polar surface area (TPSA) is 59.3 Å². The summed E-state index contributed by atoms with van der Waals surface area (Å²) in [5.74, 6) is 2.15. The van der Waals surface area contributed by atoms with E-state index in [1.807, 2.05) is 48.5 Å². The van der Waals surface area contributed by atoms with Crippen LogP contribution in [0, 0.1) is 17.2 Å². The van der Waals surface area contributed by atoms with Gasteiger partial charge in [0, 0.05) is 0 Å². The lowest BCUT2D eigenvalue weighted by molar-refractivity contribution is 0.0734. The number of carbonyl (C=O) groups is 1. The molecule has 4 nitrogen and oxygen atoms in total. The van der Waals surface area contributed by atoms with Crippen LogP contribution in [0.3, 0.4) is 0 Å². The number of nitrogens with zero attached hydrogens (tertiary/aromatic N) is 1. The predicted octanol–water partition coefficient (Wildman–Crippen LogP) is 11.8. The zero-order valence-corrected chi connectivity index (χ0v) is 27.7. The van der Waals surface area contributed by atoms with E-state index in [-0.39, 0.29) is 0 Å². The molecule has 1 fully saturated rings. The molecule has 0 aliphatic heterocycles. The maximum Gasteiger partial charge on any atom is 0.343 e. The summed E-state index contributed by atoms with van der Waals surface area (Å²) in [5, 5.41) is 9.94. The molecule has 0 unspecified atom stereocenters. The molecule has 1 aliphatic rings. The molecule has 0 heterocycles. The van der Waals surface area contributed by atoms with Gasteiger partial charge in [0.05, 0.1) is 23.8 Å². The molecule has 0 spiro atoms. The van der Waals surface area contributed by atoms with Gasteiger partial charge in [-0.25, -0.2) is 4.79 Å². The van der Waals surface area contributed by atoms with Crippen molar-refractivity contribution in [2.75, 3.05) is 6.61 Å². The fourth-order valence-corrected chi connectivity index (χ4v) is 6.63. The van der Waals surface area contributed by atoms with Crippen molar-refractivity contribution in [3.8, 4) is 28.7 Å². The average Bonchev–Trinajstić information content (AvgIpc) is 3.08. The Morgan fingerprint density at radius 1 is 0.711 bits per heavy atom. The van der Waals surface area contributed by atoms with E-state index >= 15 is 0 Å². The fourth-order valence-electron chi connectivity index (χ4n) is 6.63. The van der Waals surface area contributed by atoms with E-state index in [4.69, 9.17) is 9.47 Å². The molecule has 0 saturated heterocycles. The molecule has 1 aliphatic carbocycles. The molecule has 1 saturated carbocycles. The number of esters is 1. The average molecular weight is 608 g/mol. The Morgan fingerprint density at radius 2 is 1.29 bits per heavy atom. The van der Waals surface area contributed by atoms with Crippen LogP contribution < -0.4 is 9.47 Å². The minimum atomic E-state index is -0.440. The third-order valence-corrected chi connectivity index (χ3v) is 9.43. The first-order valence-electron chi connectivity index (χ1n) is 17.7. The monoisotopic (exact) mass is 607 g/mol. The zero-order valence-electron chi connectivity index (χ0n) is 27.7. The van der Waals surface area contributed by atoms with Gasteiger partial charge in [-0.1, -0.05) is 115 Å². The fraction of sp³-hybridized carbons (Fsp3) is 0.512. The minimum absolute atomic E-state index is 0.397. The second-order valence-corrected chi connectivity index (χ2v) is 12.9. The van der Waals surface area contributed by atoms with Gasteiger partial charge >= 0.3 is 5.97 Å². The van der Waals surface area contributed by atoms with Crippen LogP contribution in [0.2, 0.25) is 0 Å². The van der Waals surface area contributed by atoms with E-state index in [2.05, 4.69) is 32.0 Å². The summed E-state index contributed by atoms with van der Waals surface area (Å²) in [6.07, 6.45) is 20.4. The number of hydrogen-bond acceptors (Lipinski definition) is 4. The summed E-state index contributed by atoms with van der Waals surface area (Å²) >= 11 is 0. The largest absolute Gasteiger partial charge is 0.494 e. The van der Waals surface area contributed by atoms with Crippen molar-refractivity contribution < 1.29 is 14.3 Å².